The zero-order valence-electron chi connectivity index (χ0n) is 9.39. The van der Waals surface area contributed by atoms with Crippen molar-refractivity contribution >= 4 is 11.5 Å². The molecule has 1 aliphatic rings. The highest BCUT2D eigenvalue weighted by molar-refractivity contribution is 5.52. The summed E-state index contributed by atoms with van der Waals surface area (Å²) in [5.41, 5.74) is 2.07. The molecule has 1 aliphatic heterocycles. The topological polar surface area (TPSA) is 29.8 Å². The molecule has 1 fully saturated rings. The first-order valence-electron chi connectivity index (χ1n) is 5.62. The summed E-state index contributed by atoms with van der Waals surface area (Å²) in [6.07, 6.45) is 2.08. The highest BCUT2D eigenvalue weighted by atomic mass is 16.5. The normalized spacial score (nSPS) is 16.9. The number of anilines is 1. The zero-order chi connectivity index (χ0) is 11.0. The summed E-state index contributed by atoms with van der Waals surface area (Å²) >= 11 is 0. The number of morpholine rings is 1. The van der Waals surface area contributed by atoms with Gasteiger partial charge in [0.05, 0.1) is 18.9 Å². The van der Waals surface area contributed by atoms with E-state index in [0.717, 1.165) is 37.6 Å². The number of aromatic nitrogens is 2. The fraction of sp³-hybridized carbons (Fsp3) is 0.417. The number of aryl methyl sites for hydroxylation is 1. The van der Waals surface area contributed by atoms with E-state index in [0.29, 0.717) is 0 Å². The van der Waals surface area contributed by atoms with Crippen molar-refractivity contribution in [3.05, 3.63) is 30.1 Å². The predicted octanol–water partition coefficient (Wildman–Crippen LogP) is 1.48. The first-order valence-corrected chi connectivity index (χ1v) is 5.62. The summed E-state index contributed by atoms with van der Waals surface area (Å²) < 4.78 is 7.53. The van der Waals surface area contributed by atoms with E-state index in [1.54, 1.807) is 0 Å². The monoisotopic (exact) mass is 217 g/mol. The highest BCUT2D eigenvalue weighted by Crippen LogP contribution is 2.18. The Bertz CT molecular complexity index is 500. The SMILES string of the molecule is Cc1cn2c(N3CCOCC3)cccc2n1. The van der Waals surface area contributed by atoms with Gasteiger partial charge in [0.25, 0.3) is 0 Å². The molecule has 2 aromatic heterocycles. The summed E-state index contributed by atoms with van der Waals surface area (Å²) in [6.45, 7) is 5.55. The van der Waals surface area contributed by atoms with E-state index >= 15 is 0 Å². The Morgan fingerprint density at radius 3 is 2.88 bits per heavy atom. The predicted molar refractivity (Wildman–Crippen MR) is 63.0 cm³/mol. The third-order valence-electron chi connectivity index (χ3n) is 2.93. The Morgan fingerprint density at radius 2 is 2.06 bits per heavy atom. The van der Waals surface area contributed by atoms with Crippen molar-refractivity contribution in [2.24, 2.45) is 0 Å². The summed E-state index contributed by atoms with van der Waals surface area (Å²) in [4.78, 5) is 6.82. The minimum atomic E-state index is 0.810. The van der Waals surface area contributed by atoms with Gasteiger partial charge < -0.3 is 9.64 Å². The fourth-order valence-corrected chi connectivity index (χ4v) is 2.17. The summed E-state index contributed by atoms with van der Waals surface area (Å²) in [5, 5.41) is 0. The molecule has 0 radical (unpaired) electrons. The first kappa shape index (κ1) is 9.66. The van der Waals surface area contributed by atoms with E-state index in [-0.39, 0.29) is 0 Å². The molecule has 3 heterocycles. The summed E-state index contributed by atoms with van der Waals surface area (Å²) in [7, 11) is 0. The molecule has 0 unspecified atom stereocenters. The number of rotatable bonds is 1. The molecule has 16 heavy (non-hydrogen) atoms. The van der Waals surface area contributed by atoms with Crippen molar-refractivity contribution in [3.63, 3.8) is 0 Å². The molecular formula is C12H15N3O. The number of hydrogen-bond acceptors (Lipinski definition) is 3. The van der Waals surface area contributed by atoms with E-state index < -0.39 is 0 Å². The second-order valence-electron chi connectivity index (χ2n) is 4.09. The second kappa shape index (κ2) is 3.79. The van der Waals surface area contributed by atoms with E-state index in [4.69, 9.17) is 4.74 Å². The Morgan fingerprint density at radius 1 is 1.25 bits per heavy atom. The molecule has 0 aromatic carbocycles. The number of hydrogen-bond donors (Lipinski definition) is 0. The lowest BCUT2D eigenvalue weighted by atomic mass is 10.3. The Kier molecular flexibility index (Phi) is 2.29. The van der Waals surface area contributed by atoms with Gasteiger partial charge in [0, 0.05) is 19.3 Å². The quantitative estimate of drug-likeness (QED) is 0.724. The van der Waals surface area contributed by atoms with Gasteiger partial charge >= 0.3 is 0 Å². The van der Waals surface area contributed by atoms with Gasteiger partial charge in [-0.15, -0.1) is 0 Å². The molecule has 2 aromatic rings. The van der Waals surface area contributed by atoms with Gasteiger partial charge in [0.1, 0.15) is 11.5 Å². The van der Waals surface area contributed by atoms with Crippen LogP contribution in [0.2, 0.25) is 0 Å². The number of nitrogens with zero attached hydrogens (tertiary/aromatic N) is 3. The van der Waals surface area contributed by atoms with Crippen molar-refractivity contribution in [2.75, 3.05) is 31.2 Å². The smallest absolute Gasteiger partial charge is 0.138 e. The van der Waals surface area contributed by atoms with Crippen LogP contribution >= 0.6 is 0 Å². The van der Waals surface area contributed by atoms with Crippen molar-refractivity contribution in [1.29, 1.82) is 0 Å². The molecular weight excluding hydrogens is 202 g/mol. The van der Waals surface area contributed by atoms with E-state index in [1.165, 1.54) is 5.82 Å². The molecule has 3 rings (SSSR count). The minimum absolute atomic E-state index is 0.810. The van der Waals surface area contributed by atoms with Crippen molar-refractivity contribution in [3.8, 4) is 0 Å². The third kappa shape index (κ3) is 1.55. The molecule has 0 saturated carbocycles. The zero-order valence-corrected chi connectivity index (χ0v) is 9.39. The van der Waals surface area contributed by atoms with Crippen LogP contribution in [-0.2, 0) is 4.74 Å². The van der Waals surface area contributed by atoms with Crippen molar-refractivity contribution in [2.45, 2.75) is 6.92 Å². The van der Waals surface area contributed by atoms with Crippen LogP contribution in [0.4, 0.5) is 5.82 Å². The van der Waals surface area contributed by atoms with Crippen LogP contribution in [-0.4, -0.2) is 35.7 Å². The van der Waals surface area contributed by atoms with E-state index in [2.05, 4.69) is 32.6 Å². The van der Waals surface area contributed by atoms with E-state index in [9.17, 15) is 0 Å². The van der Waals surface area contributed by atoms with Gasteiger partial charge in [-0.2, -0.15) is 0 Å². The third-order valence-corrected chi connectivity index (χ3v) is 2.93. The standard InChI is InChI=1S/C12H15N3O/c1-10-9-15-11(13-10)3-2-4-12(15)14-5-7-16-8-6-14/h2-4,9H,5-8H2,1H3. The summed E-state index contributed by atoms with van der Waals surface area (Å²) in [5.74, 6) is 1.21. The van der Waals surface area contributed by atoms with Gasteiger partial charge in [-0.05, 0) is 19.1 Å². The second-order valence-corrected chi connectivity index (χ2v) is 4.09. The average molecular weight is 217 g/mol. The molecule has 0 aliphatic carbocycles. The van der Waals surface area contributed by atoms with Gasteiger partial charge in [-0.1, -0.05) is 6.07 Å². The van der Waals surface area contributed by atoms with Gasteiger partial charge in [0.2, 0.25) is 0 Å². The van der Waals surface area contributed by atoms with Gasteiger partial charge in [0.15, 0.2) is 0 Å². The molecule has 84 valence electrons. The Balaban J connectivity index is 2.07. The van der Waals surface area contributed by atoms with Gasteiger partial charge in [-0.3, -0.25) is 4.40 Å². The van der Waals surface area contributed by atoms with Crippen LogP contribution in [0.3, 0.4) is 0 Å². The number of imidazole rings is 1. The highest BCUT2D eigenvalue weighted by Gasteiger charge is 2.13. The van der Waals surface area contributed by atoms with Crippen LogP contribution in [0, 0.1) is 6.92 Å². The van der Waals surface area contributed by atoms with Crippen molar-refractivity contribution < 1.29 is 4.74 Å². The number of pyridine rings is 1. The number of fused-ring (bicyclic) bond motifs is 1. The fourth-order valence-electron chi connectivity index (χ4n) is 2.17. The molecule has 0 atom stereocenters. The molecule has 1 saturated heterocycles. The first-order chi connectivity index (χ1) is 7.84. The van der Waals surface area contributed by atoms with Crippen LogP contribution in [0.5, 0.6) is 0 Å². The Labute approximate surface area is 94.5 Å². The maximum Gasteiger partial charge on any atom is 0.138 e. The number of ether oxygens (including phenoxy) is 1. The van der Waals surface area contributed by atoms with Crippen LogP contribution in [0.1, 0.15) is 5.69 Å². The molecule has 0 amide bonds. The molecule has 0 N–H and O–H groups in total. The maximum absolute atomic E-state index is 5.37. The molecule has 4 nitrogen and oxygen atoms in total. The minimum Gasteiger partial charge on any atom is -0.378 e. The molecule has 4 heteroatoms. The lowest BCUT2D eigenvalue weighted by Crippen LogP contribution is -2.37. The van der Waals surface area contributed by atoms with Crippen LogP contribution in [0.15, 0.2) is 24.4 Å². The summed E-state index contributed by atoms with van der Waals surface area (Å²) in [6, 6.07) is 6.24. The Hall–Kier alpha value is -1.55. The maximum atomic E-state index is 5.37. The average Bonchev–Trinajstić information content (AvgIpc) is 2.70. The molecule has 0 spiro atoms. The largest absolute Gasteiger partial charge is 0.378 e. The lowest BCUT2D eigenvalue weighted by Gasteiger charge is -2.29. The van der Waals surface area contributed by atoms with Gasteiger partial charge in [-0.25, -0.2) is 4.98 Å². The van der Waals surface area contributed by atoms with Crippen molar-refractivity contribution in [1.82, 2.24) is 9.38 Å². The van der Waals surface area contributed by atoms with E-state index in [1.807, 2.05) is 13.0 Å². The molecule has 0 bridgehead atoms. The van der Waals surface area contributed by atoms with Crippen LogP contribution in [0.25, 0.3) is 5.65 Å². The lowest BCUT2D eigenvalue weighted by molar-refractivity contribution is 0.122. The van der Waals surface area contributed by atoms with Crippen LogP contribution < -0.4 is 4.90 Å².